The largest absolute Gasteiger partial charge is 0.494 e. The molecule has 0 saturated carbocycles. The zero-order valence-electron chi connectivity index (χ0n) is 13.6. The predicted molar refractivity (Wildman–Crippen MR) is 89.4 cm³/mol. The fourth-order valence-corrected chi connectivity index (χ4v) is 2.92. The molecule has 1 aliphatic heterocycles. The maximum Gasteiger partial charge on any atom is 0.471 e. The van der Waals surface area contributed by atoms with Gasteiger partial charge in [0.05, 0.1) is 11.5 Å². The lowest BCUT2D eigenvalue weighted by atomic mass is 10.2. The van der Waals surface area contributed by atoms with E-state index in [2.05, 4.69) is 0 Å². The molecule has 10 heteroatoms. The van der Waals surface area contributed by atoms with E-state index < -0.39 is 29.8 Å². The van der Waals surface area contributed by atoms with Gasteiger partial charge in [0.25, 0.3) is 11.1 Å². The van der Waals surface area contributed by atoms with Gasteiger partial charge in [0.1, 0.15) is 5.75 Å². The number of benzene rings is 1. The third-order valence-corrected chi connectivity index (χ3v) is 4.15. The number of hydrogen-bond donors (Lipinski definition) is 1. The van der Waals surface area contributed by atoms with Crippen molar-refractivity contribution in [2.75, 3.05) is 19.7 Å². The maximum atomic E-state index is 12.2. The van der Waals surface area contributed by atoms with Crippen molar-refractivity contribution in [2.24, 2.45) is 0 Å². The van der Waals surface area contributed by atoms with Gasteiger partial charge in [0.15, 0.2) is 0 Å². The minimum Gasteiger partial charge on any atom is -0.494 e. The molecule has 140 valence electrons. The van der Waals surface area contributed by atoms with Gasteiger partial charge in [-0.15, -0.1) is 0 Å². The average molecular weight is 388 g/mol. The summed E-state index contributed by atoms with van der Waals surface area (Å²) in [6, 6.07) is 6.85. The molecule has 1 heterocycles. The third-order valence-electron chi connectivity index (χ3n) is 3.24. The summed E-state index contributed by atoms with van der Waals surface area (Å²) in [4.78, 5) is 35.8. The van der Waals surface area contributed by atoms with Crippen molar-refractivity contribution >= 4 is 34.9 Å². The first kappa shape index (κ1) is 19.8. The van der Waals surface area contributed by atoms with Crippen LogP contribution in [0.15, 0.2) is 29.2 Å². The normalized spacial score (nSPS) is 16.3. The van der Waals surface area contributed by atoms with E-state index in [0.29, 0.717) is 29.7 Å². The van der Waals surface area contributed by atoms with Crippen LogP contribution in [0.25, 0.3) is 6.08 Å². The van der Waals surface area contributed by atoms with Gasteiger partial charge in [-0.2, -0.15) is 13.2 Å². The molecule has 1 aromatic carbocycles. The summed E-state index contributed by atoms with van der Waals surface area (Å²) in [5, 5.41) is 1.02. The summed E-state index contributed by atoms with van der Waals surface area (Å²) in [6.07, 6.45) is -3.50. The number of rotatable bonds is 6. The lowest BCUT2D eigenvalue weighted by Gasteiger charge is -2.13. The van der Waals surface area contributed by atoms with Gasteiger partial charge in [0, 0.05) is 13.1 Å². The van der Waals surface area contributed by atoms with Crippen LogP contribution in [-0.2, 0) is 9.59 Å². The quantitative estimate of drug-likeness (QED) is 0.759. The van der Waals surface area contributed by atoms with Crippen molar-refractivity contribution < 1.29 is 32.3 Å². The Morgan fingerprint density at radius 3 is 2.50 bits per heavy atom. The van der Waals surface area contributed by atoms with Gasteiger partial charge in [-0.05, 0) is 42.5 Å². The van der Waals surface area contributed by atoms with Gasteiger partial charge in [-0.25, -0.2) is 0 Å². The Hall–Kier alpha value is -2.49. The van der Waals surface area contributed by atoms with E-state index in [1.165, 1.54) is 6.08 Å². The van der Waals surface area contributed by atoms with E-state index in [4.69, 9.17) is 4.74 Å². The van der Waals surface area contributed by atoms with Crippen LogP contribution in [0.3, 0.4) is 0 Å². The molecule has 1 fully saturated rings. The number of hydrogen-bond acceptors (Lipinski definition) is 5. The highest BCUT2D eigenvalue weighted by molar-refractivity contribution is 8.18. The van der Waals surface area contributed by atoms with Crippen molar-refractivity contribution in [1.82, 2.24) is 10.2 Å². The summed E-state index contributed by atoms with van der Waals surface area (Å²) >= 11 is 0.688. The minimum absolute atomic E-state index is 0.154. The Bertz CT molecular complexity index is 732. The molecular weight excluding hydrogens is 373 g/mol. The van der Waals surface area contributed by atoms with Crippen LogP contribution in [0.1, 0.15) is 12.5 Å². The van der Waals surface area contributed by atoms with Crippen LogP contribution in [0.2, 0.25) is 0 Å². The highest BCUT2D eigenvalue weighted by Crippen LogP contribution is 2.32. The van der Waals surface area contributed by atoms with Crippen molar-refractivity contribution in [1.29, 1.82) is 0 Å². The molecule has 26 heavy (non-hydrogen) atoms. The first-order chi connectivity index (χ1) is 12.2. The Morgan fingerprint density at radius 2 is 1.92 bits per heavy atom. The minimum atomic E-state index is -5.01. The lowest BCUT2D eigenvalue weighted by Crippen LogP contribution is -2.42. The fourth-order valence-electron chi connectivity index (χ4n) is 2.05. The van der Waals surface area contributed by atoms with Gasteiger partial charge in [-0.1, -0.05) is 12.1 Å². The second-order valence-corrected chi connectivity index (χ2v) is 6.08. The van der Waals surface area contributed by atoms with E-state index in [9.17, 15) is 27.6 Å². The lowest BCUT2D eigenvalue weighted by molar-refractivity contribution is -0.173. The molecule has 1 N–H and O–H groups in total. The van der Waals surface area contributed by atoms with Gasteiger partial charge >= 0.3 is 12.1 Å². The van der Waals surface area contributed by atoms with E-state index in [0.717, 1.165) is 4.90 Å². The highest BCUT2D eigenvalue weighted by atomic mass is 32.2. The van der Waals surface area contributed by atoms with E-state index in [1.807, 2.05) is 6.92 Å². The summed E-state index contributed by atoms with van der Waals surface area (Å²) in [5.41, 5.74) is 0.671. The zero-order chi connectivity index (χ0) is 19.3. The molecule has 0 atom stereocenters. The van der Waals surface area contributed by atoms with E-state index in [-0.39, 0.29) is 11.4 Å². The second kappa shape index (κ2) is 8.26. The molecule has 2 rings (SSSR count). The molecule has 0 bridgehead atoms. The molecule has 3 amide bonds. The first-order valence-electron chi connectivity index (χ1n) is 7.55. The monoisotopic (exact) mass is 388 g/mol. The standard InChI is InChI=1S/C16H15F3N2O4S/c1-2-25-11-5-3-10(4-6-11)9-12-13(22)21(15(24)26-12)8-7-20-14(23)16(17,18)19/h3-6,9H,2,7-8H2,1H3,(H,20,23)/b12-9-. The summed E-state index contributed by atoms with van der Waals surface area (Å²) in [5.74, 6) is -2.07. The molecule has 1 aliphatic rings. The van der Waals surface area contributed by atoms with Crippen molar-refractivity contribution in [3.8, 4) is 5.75 Å². The number of amides is 3. The molecule has 0 unspecified atom stereocenters. The molecule has 1 aromatic rings. The number of thioether (sulfide) groups is 1. The van der Waals surface area contributed by atoms with Gasteiger partial charge < -0.3 is 10.1 Å². The van der Waals surface area contributed by atoms with E-state index in [1.54, 1.807) is 29.6 Å². The molecule has 0 aromatic heterocycles. The van der Waals surface area contributed by atoms with Crippen LogP contribution in [0.4, 0.5) is 18.0 Å². The second-order valence-electron chi connectivity index (χ2n) is 5.09. The number of halogens is 3. The number of ether oxygens (including phenoxy) is 1. The molecule has 0 radical (unpaired) electrons. The van der Waals surface area contributed by atoms with Crippen LogP contribution < -0.4 is 10.1 Å². The average Bonchev–Trinajstić information content (AvgIpc) is 2.83. The topological polar surface area (TPSA) is 75.7 Å². The first-order valence-corrected chi connectivity index (χ1v) is 8.37. The van der Waals surface area contributed by atoms with Crippen LogP contribution in [0.5, 0.6) is 5.75 Å². The number of nitrogens with zero attached hydrogens (tertiary/aromatic N) is 1. The molecule has 6 nitrogen and oxygen atoms in total. The van der Waals surface area contributed by atoms with Crippen molar-refractivity contribution in [3.05, 3.63) is 34.7 Å². The summed E-state index contributed by atoms with van der Waals surface area (Å²) < 4.78 is 41.6. The molecule has 0 spiro atoms. The molecular formula is C16H15F3N2O4S. The molecule has 0 aliphatic carbocycles. The Balaban J connectivity index is 1.98. The van der Waals surface area contributed by atoms with Crippen LogP contribution in [-0.4, -0.2) is 47.8 Å². The van der Waals surface area contributed by atoms with Crippen LogP contribution in [0, 0.1) is 0 Å². The number of imide groups is 1. The van der Waals surface area contributed by atoms with Gasteiger partial charge in [0.2, 0.25) is 0 Å². The Morgan fingerprint density at radius 1 is 1.27 bits per heavy atom. The summed E-state index contributed by atoms with van der Waals surface area (Å²) in [6.45, 7) is 1.55. The number of carbonyl (C=O) groups is 3. The summed E-state index contributed by atoms with van der Waals surface area (Å²) in [7, 11) is 0. The smallest absolute Gasteiger partial charge is 0.471 e. The van der Waals surface area contributed by atoms with E-state index >= 15 is 0 Å². The Kier molecular flexibility index (Phi) is 6.30. The van der Waals surface area contributed by atoms with Crippen molar-refractivity contribution in [3.63, 3.8) is 0 Å². The number of carbonyl (C=O) groups excluding carboxylic acids is 3. The fraction of sp³-hybridized carbons (Fsp3) is 0.312. The third kappa shape index (κ3) is 5.01. The van der Waals surface area contributed by atoms with Crippen LogP contribution >= 0.6 is 11.8 Å². The number of nitrogens with one attached hydrogen (secondary N) is 1. The predicted octanol–water partition coefficient (Wildman–Crippen LogP) is 2.80. The SMILES string of the molecule is CCOc1ccc(/C=C2\SC(=O)N(CCNC(=O)C(F)(F)F)C2=O)cc1. The highest BCUT2D eigenvalue weighted by Gasteiger charge is 2.39. The maximum absolute atomic E-state index is 12.2. The number of alkyl halides is 3. The molecule has 1 saturated heterocycles. The zero-order valence-corrected chi connectivity index (χ0v) is 14.4. The van der Waals surface area contributed by atoms with Crippen molar-refractivity contribution in [2.45, 2.75) is 13.1 Å². The Labute approximate surface area is 151 Å². The van der Waals surface area contributed by atoms with Gasteiger partial charge in [-0.3, -0.25) is 19.3 Å².